The first-order valence-corrected chi connectivity index (χ1v) is 8.04. The van der Waals surface area contributed by atoms with E-state index >= 15 is 0 Å². The van der Waals surface area contributed by atoms with Gasteiger partial charge in [0, 0.05) is 19.3 Å². The summed E-state index contributed by atoms with van der Waals surface area (Å²) in [6.45, 7) is 6.31. The van der Waals surface area contributed by atoms with Crippen LogP contribution in [0.25, 0.3) is 0 Å². The first kappa shape index (κ1) is 15.4. The number of hydrogen-bond donors (Lipinski definition) is 1. The number of aryl methyl sites for hydroxylation is 2. The molecule has 0 radical (unpaired) electrons. The molecule has 112 valence electrons. The monoisotopic (exact) mass is 274 g/mol. The van der Waals surface area contributed by atoms with E-state index in [0.717, 1.165) is 13.1 Å². The molecular weight excluding hydrogens is 244 g/mol. The van der Waals surface area contributed by atoms with E-state index in [0.29, 0.717) is 5.41 Å². The molecule has 1 fully saturated rings. The number of benzene rings is 1. The fourth-order valence-corrected chi connectivity index (χ4v) is 3.56. The predicted octanol–water partition coefficient (Wildman–Crippen LogP) is 4.04. The average molecular weight is 274 g/mol. The second-order valence-corrected chi connectivity index (χ2v) is 6.78. The highest BCUT2D eigenvalue weighted by Crippen LogP contribution is 2.38. The number of rotatable bonds is 5. The smallest absolute Gasteiger partial charge is 0.0368 e. The van der Waals surface area contributed by atoms with E-state index in [1.165, 1.54) is 55.3 Å². The zero-order valence-corrected chi connectivity index (χ0v) is 13.4. The molecule has 0 saturated heterocycles. The Kier molecular flexibility index (Phi) is 5.09. The number of hydrogen-bond acceptors (Lipinski definition) is 2. The topological polar surface area (TPSA) is 29.3 Å². The van der Waals surface area contributed by atoms with Gasteiger partial charge in [0.05, 0.1) is 0 Å². The van der Waals surface area contributed by atoms with Gasteiger partial charge >= 0.3 is 0 Å². The highest BCUT2D eigenvalue weighted by Gasteiger charge is 2.30. The molecule has 1 aliphatic rings. The largest absolute Gasteiger partial charge is 0.375 e. The summed E-state index contributed by atoms with van der Waals surface area (Å²) in [5.74, 6) is 0. The Morgan fingerprint density at radius 1 is 1.05 bits per heavy atom. The van der Waals surface area contributed by atoms with E-state index < -0.39 is 0 Å². The highest BCUT2D eigenvalue weighted by atomic mass is 15.1. The van der Waals surface area contributed by atoms with Gasteiger partial charge in [-0.05, 0) is 68.3 Å². The molecule has 0 aliphatic heterocycles. The van der Waals surface area contributed by atoms with Crippen LogP contribution in [0, 0.1) is 19.3 Å². The van der Waals surface area contributed by atoms with Crippen molar-refractivity contribution < 1.29 is 0 Å². The van der Waals surface area contributed by atoms with Crippen LogP contribution in [0.3, 0.4) is 0 Å². The Labute approximate surface area is 124 Å². The minimum absolute atomic E-state index is 0.408. The zero-order chi connectivity index (χ0) is 14.6. The van der Waals surface area contributed by atoms with E-state index in [1.54, 1.807) is 0 Å². The third kappa shape index (κ3) is 3.76. The molecule has 20 heavy (non-hydrogen) atoms. The van der Waals surface area contributed by atoms with E-state index in [4.69, 9.17) is 5.73 Å². The molecule has 1 aliphatic carbocycles. The molecule has 1 aromatic carbocycles. The van der Waals surface area contributed by atoms with Crippen molar-refractivity contribution in [1.29, 1.82) is 0 Å². The molecule has 0 atom stereocenters. The summed E-state index contributed by atoms with van der Waals surface area (Å²) in [6, 6.07) is 6.80. The van der Waals surface area contributed by atoms with Crippen LogP contribution in [0.4, 0.5) is 5.69 Å². The lowest BCUT2D eigenvalue weighted by Gasteiger charge is -2.37. The molecule has 0 spiro atoms. The molecule has 1 aromatic rings. The van der Waals surface area contributed by atoms with Crippen molar-refractivity contribution in [3.8, 4) is 0 Å². The Balaban J connectivity index is 1.98. The maximum Gasteiger partial charge on any atom is 0.0368 e. The third-order valence-corrected chi connectivity index (χ3v) is 4.97. The van der Waals surface area contributed by atoms with Crippen LogP contribution in [0.15, 0.2) is 18.2 Å². The van der Waals surface area contributed by atoms with E-state index in [1.807, 2.05) is 0 Å². The lowest BCUT2D eigenvalue weighted by molar-refractivity contribution is 0.185. The molecule has 0 bridgehead atoms. The summed E-state index contributed by atoms with van der Waals surface area (Å²) in [7, 11) is 2.21. The second-order valence-electron chi connectivity index (χ2n) is 6.78. The highest BCUT2D eigenvalue weighted by molar-refractivity contribution is 5.50. The number of anilines is 1. The standard InChI is InChI=1S/C18H30N2/c1-15-11-16(2)13-17(12-15)20(3)10-9-18(14-19)7-5-4-6-8-18/h11-13H,4-10,14,19H2,1-3H3. The first-order valence-electron chi connectivity index (χ1n) is 8.04. The van der Waals surface area contributed by atoms with Crippen LogP contribution >= 0.6 is 0 Å². The van der Waals surface area contributed by atoms with Crippen molar-refractivity contribution in [2.24, 2.45) is 11.1 Å². The summed E-state index contributed by atoms with van der Waals surface area (Å²) in [4.78, 5) is 2.39. The fraction of sp³-hybridized carbons (Fsp3) is 0.667. The van der Waals surface area contributed by atoms with Gasteiger partial charge in [-0.2, -0.15) is 0 Å². The van der Waals surface area contributed by atoms with Gasteiger partial charge in [0.2, 0.25) is 0 Å². The molecule has 1 saturated carbocycles. The quantitative estimate of drug-likeness (QED) is 0.878. The zero-order valence-electron chi connectivity index (χ0n) is 13.4. The van der Waals surface area contributed by atoms with Crippen molar-refractivity contribution in [2.75, 3.05) is 25.0 Å². The van der Waals surface area contributed by atoms with Gasteiger partial charge in [-0.3, -0.25) is 0 Å². The lowest BCUT2D eigenvalue weighted by atomic mass is 9.72. The van der Waals surface area contributed by atoms with Crippen LogP contribution in [-0.2, 0) is 0 Å². The molecule has 2 heteroatoms. The van der Waals surface area contributed by atoms with Crippen LogP contribution in [0.1, 0.15) is 49.7 Å². The molecule has 0 aromatic heterocycles. The first-order chi connectivity index (χ1) is 9.54. The van der Waals surface area contributed by atoms with Crippen molar-refractivity contribution in [3.63, 3.8) is 0 Å². The van der Waals surface area contributed by atoms with Crippen molar-refractivity contribution in [1.82, 2.24) is 0 Å². The van der Waals surface area contributed by atoms with E-state index in [2.05, 4.69) is 44.0 Å². The summed E-state index contributed by atoms with van der Waals surface area (Å²) in [5.41, 5.74) is 10.5. The Morgan fingerprint density at radius 3 is 2.20 bits per heavy atom. The van der Waals surface area contributed by atoms with Gasteiger partial charge in [0.1, 0.15) is 0 Å². The summed E-state index contributed by atoms with van der Waals surface area (Å²) in [6.07, 6.45) is 8.00. The van der Waals surface area contributed by atoms with Crippen LogP contribution in [0.5, 0.6) is 0 Å². The van der Waals surface area contributed by atoms with Crippen molar-refractivity contribution >= 4 is 5.69 Å². The van der Waals surface area contributed by atoms with Gasteiger partial charge < -0.3 is 10.6 Å². The molecule has 2 nitrogen and oxygen atoms in total. The van der Waals surface area contributed by atoms with E-state index in [-0.39, 0.29) is 0 Å². The average Bonchev–Trinajstić information content (AvgIpc) is 2.45. The van der Waals surface area contributed by atoms with E-state index in [9.17, 15) is 0 Å². The van der Waals surface area contributed by atoms with Gasteiger partial charge in [0.25, 0.3) is 0 Å². The molecule has 0 amide bonds. The minimum Gasteiger partial charge on any atom is -0.375 e. The lowest BCUT2D eigenvalue weighted by Crippen LogP contribution is -2.36. The van der Waals surface area contributed by atoms with Crippen LogP contribution < -0.4 is 10.6 Å². The molecule has 0 heterocycles. The maximum atomic E-state index is 6.09. The van der Waals surface area contributed by atoms with Gasteiger partial charge in [-0.25, -0.2) is 0 Å². The van der Waals surface area contributed by atoms with Gasteiger partial charge in [-0.1, -0.05) is 25.3 Å². The molecule has 2 N–H and O–H groups in total. The third-order valence-electron chi connectivity index (χ3n) is 4.97. The SMILES string of the molecule is Cc1cc(C)cc(N(C)CCC2(CN)CCCCC2)c1. The van der Waals surface area contributed by atoms with Crippen LogP contribution in [0.2, 0.25) is 0 Å². The predicted molar refractivity (Wildman–Crippen MR) is 88.4 cm³/mol. The summed E-state index contributed by atoms with van der Waals surface area (Å²) < 4.78 is 0. The Morgan fingerprint density at radius 2 is 1.65 bits per heavy atom. The van der Waals surface area contributed by atoms with Crippen LogP contribution in [-0.4, -0.2) is 20.1 Å². The second kappa shape index (κ2) is 6.62. The Bertz CT molecular complexity index is 413. The van der Waals surface area contributed by atoms with Gasteiger partial charge in [0.15, 0.2) is 0 Å². The minimum atomic E-state index is 0.408. The fourth-order valence-electron chi connectivity index (χ4n) is 3.56. The number of nitrogens with zero attached hydrogens (tertiary/aromatic N) is 1. The molecule has 0 unspecified atom stereocenters. The number of nitrogens with two attached hydrogens (primary N) is 1. The maximum absolute atomic E-state index is 6.09. The van der Waals surface area contributed by atoms with Crippen molar-refractivity contribution in [3.05, 3.63) is 29.3 Å². The summed E-state index contributed by atoms with van der Waals surface area (Å²) >= 11 is 0. The Hall–Kier alpha value is -1.02. The molecule has 2 rings (SSSR count). The van der Waals surface area contributed by atoms with Crippen molar-refractivity contribution in [2.45, 2.75) is 52.4 Å². The summed E-state index contributed by atoms with van der Waals surface area (Å²) in [5, 5.41) is 0. The normalized spacial score (nSPS) is 18.0. The molecular formula is C18H30N2. The van der Waals surface area contributed by atoms with Gasteiger partial charge in [-0.15, -0.1) is 0 Å².